The van der Waals surface area contributed by atoms with Crippen LogP contribution in [0, 0.1) is 0 Å². The molecule has 0 aromatic heterocycles. The number of aliphatic hydroxyl groups is 1. The minimum atomic E-state index is -0.852. The largest absolute Gasteiger partial charge is 0.507 e. The first-order valence-corrected chi connectivity index (χ1v) is 10.9. The van der Waals surface area contributed by atoms with Crippen LogP contribution in [0.2, 0.25) is 5.02 Å². The van der Waals surface area contributed by atoms with Crippen molar-refractivity contribution in [2.24, 2.45) is 0 Å². The molecule has 2 atom stereocenters. The molecule has 2 aromatic carbocycles. The number of nitrogens with zero attached hydrogens (tertiary/aromatic N) is 1. The minimum absolute atomic E-state index is 0.0246. The predicted molar refractivity (Wildman–Crippen MR) is 119 cm³/mol. The number of Topliss-reactive ketones (excluding diaryl/α,β-unsaturated/α-hetero) is 1. The van der Waals surface area contributed by atoms with Crippen LogP contribution < -0.4 is 4.74 Å². The van der Waals surface area contributed by atoms with E-state index >= 15 is 0 Å². The first kappa shape index (κ1) is 22.2. The molecule has 4 rings (SSSR count). The summed E-state index contributed by atoms with van der Waals surface area (Å²) in [6, 6.07) is 10.2. The summed E-state index contributed by atoms with van der Waals surface area (Å²) in [4.78, 5) is 27.5. The zero-order valence-electron chi connectivity index (χ0n) is 17.6. The second kappa shape index (κ2) is 9.22. The fourth-order valence-electron chi connectivity index (χ4n) is 4.16. The van der Waals surface area contributed by atoms with Crippen LogP contribution in [0.3, 0.4) is 0 Å². The van der Waals surface area contributed by atoms with Crippen molar-refractivity contribution in [3.8, 4) is 11.5 Å². The molecule has 0 unspecified atom stereocenters. The van der Waals surface area contributed by atoms with Crippen molar-refractivity contribution in [1.29, 1.82) is 0 Å². The van der Waals surface area contributed by atoms with Crippen LogP contribution >= 0.6 is 11.6 Å². The van der Waals surface area contributed by atoms with Gasteiger partial charge < -0.3 is 24.6 Å². The first-order chi connectivity index (χ1) is 15.4. The van der Waals surface area contributed by atoms with Gasteiger partial charge in [0.05, 0.1) is 24.3 Å². The lowest BCUT2D eigenvalue weighted by atomic mass is 9.95. The van der Waals surface area contributed by atoms with Crippen molar-refractivity contribution >= 4 is 29.1 Å². The number of hydrogen-bond donors (Lipinski definition) is 2. The Bertz CT molecular complexity index is 1060. The summed E-state index contributed by atoms with van der Waals surface area (Å²) in [7, 11) is 0. The number of halogens is 1. The zero-order valence-corrected chi connectivity index (χ0v) is 18.3. The fraction of sp³-hybridized carbons (Fsp3) is 0.333. The summed E-state index contributed by atoms with van der Waals surface area (Å²) in [6.07, 6.45) is 1.49. The van der Waals surface area contributed by atoms with E-state index in [2.05, 4.69) is 0 Å². The van der Waals surface area contributed by atoms with E-state index in [1.165, 1.54) is 11.0 Å². The van der Waals surface area contributed by atoms with Crippen LogP contribution in [0.25, 0.3) is 5.76 Å². The van der Waals surface area contributed by atoms with E-state index in [0.29, 0.717) is 29.4 Å². The molecule has 2 N–H and O–H groups in total. The van der Waals surface area contributed by atoms with E-state index in [9.17, 15) is 19.8 Å². The Balaban J connectivity index is 1.84. The molecule has 2 aromatic rings. The number of likely N-dealkylation sites (tertiary alicyclic amines) is 1. The van der Waals surface area contributed by atoms with Crippen molar-refractivity contribution in [1.82, 2.24) is 4.90 Å². The third-order valence-corrected chi connectivity index (χ3v) is 5.93. The monoisotopic (exact) mass is 457 g/mol. The highest BCUT2D eigenvalue weighted by atomic mass is 35.5. The van der Waals surface area contributed by atoms with Crippen LogP contribution in [0.5, 0.6) is 11.5 Å². The lowest BCUT2D eigenvalue weighted by Gasteiger charge is -2.27. The van der Waals surface area contributed by atoms with Crippen molar-refractivity contribution in [2.45, 2.75) is 31.9 Å². The van der Waals surface area contributed by atoms with Gasteiger partial charge in [-0.15, -0.1) is 0 Å². The maximum absolute atomic E-state index is 13.1. The summed E-state index contributed by atoms with van der Waals surface area (Å²) in [6.45, 7) is 2.95. The van der Waals surface area contributed by atoms with E-state index in [-0.39, 0.29) is 35.5 Å². The number of rotatable bonds is 6. The molecule has 0 spiro atoms. The maximum atomic E-state index is 13.1. The molecule has 2 aliphatic rings. The molecule has 2 aliphatic heterocycles. The third-order valence-electron chi connectivity index (χ3n) is 5.68. The van der Waals surface area contributed by atoms with Gasteiger partial charge in [-0.3, -0.25) is 9.59 Å². The molecular formula is C24H24ClNO6. The number of aromatic hydroxyl groups is 1. The van der Waals surface area contributed by atoms with Gasteiger partial charge in [0.25, 0.3) is 11.7 Å². The summed E-state index contributed by atoms with van der Waals surface area (Å²) in [5.41, 5.74) is 0.890. The van der Waals surface area contributed by atoms with Gasteiger partial charge in [-0.1, -0.05) is 17.7 Å². The first-order valence-electron chi connectivity index (χ1n) is 10.5. The number of phenolic OH excluding ortho intramolecular Hbond substituents is 1. The highest BCUT2D eigenvalue weighted by Crippen LogP contribution is 2.42. The molecule has 0 aliphatic carbocycles. The summed E-state index contributed by atoms with van der Waals surface area (Å²) >= 11 is 5.95. The zero-order chi connectivity index (χ0) is 22.8. The normalized spacial score (nSPS) is 22.5. The van der Waals surface area contributed by atoms with Gasteiger partial charge in [-0.25, -0.2) is 0 Å². The van der Waals surface area contributed by atoms with Gasteiger partial charge in [0, 0.05) is 23.7 Å². The Labute approximate surface area is 190 Å². The lowest BCUT2D eigenvalue weighted by Crippen LogP contribution is -2.36. The van der Waals surface area contributed by atoms with E-state index in [1.54, 1.807) is 43.3 Å². The number of amides is 1. The molecular weight excluding hydrogens is 434 g/mol. The highest BCUT2D eigenvalue weighted by Gasteiger charge is 2.47. The van der Waals surface area contributed by atoms with E-state index in [0.717, 1.165) is 12.8 Å². The second-order valence-corrected chi connectivity index (χ2v) is 8.19. The van der Waals surface area contributed by atoms with Gasteiger partial charge in [0.1, 0.15) is 5.76 Å². The van der Waals surface area contributed by atoms with Crippen molar-refractivity contribution in [3.63, 3.8) is 0 Å². The molecule has 0 radical (unpaired) electrons. The number of carbonyl (C=O) groups excluding carboxylic acids is 2. The third kappa shape index (κ3) is 4.18. The Morgan fingerprint density at radius 3 is 2.62 bits per heavy atom. The van der Waals surface area contributed by atoms with Gasteiger partial charge in [0.15, 0.2) is 11.5 Å². The Hall–Kier alpha value is -3.03. The van der Waals surface area contributed by atoms with E-state index in [4.69, 9.17) is 21.1 Å². The smallest absolute Gasteiger partial charge is 0.295 e. The number of benzene rings is 2. The molecule has 7 nitrogen and oxygen atoms in total. The van der Waals surface area contributed by atoms with Gasteiger partial charge >= 0.3 is 0 Å². The number of aliphatic hydroxyl groups excluding tert-OH is 1. The SMILES string of the molecule is CCOc1cc([C@H]2C(=C(O)c3ccc(Cl)cc3)C(=O)C(=O)N2C[C@@H]2CCCO2)ccc1O. The standard InChI is InChI=1S/C24H24ClNO6/c1-2-31-19-12-15(7-10-18(19)27)21-20(22(28)14-5-8-16(25)9-6-14)23(29)24(30)26(21)13-17-4-3-11-32-17/h5-10,12,17,21,27-28H,2-4,11,13H2,1H3/t17-,21-/m0/s1. The van der Waals surface area contributed by atoms with Crippen molar-refractivity contribution in [2.75, 3.05) is 19.8 Å². The average Bonchev–Trinajstić information content (AvgIpc) is 3.38. The van der Waals surface area contributed by atoms with Gasteiger partial charge in [-0.05, 0) is 61.7 Å². The van der Waals surface area contributed by atoms with Gasteiger partial charge in [-0.2, -0.15) is 0 Å². The minimum Gasteiger partial charge on any atom is -0.507 e. The number of phenols is 1. The molecule has 32 heavy (non-hydrogen) atoms. The second-order valence-electron chi connectivity index (χ2n) is 7.75. The maximum Gasteiger partial charge on any atom is 0.295 e. The number of hydrogen-bond acceptors (Lipinski definition) is 6. The summed E-state index contributed by atoms with van der Waals surface area (Å²) < 4.78 is 11.2. The molecule has 2 heterocycles. The Morgan fingerprint density at radius 1 is 1.22 bits per heavy atom. The Morgan fingerprint density at radius 2 is 1.97 bits per heavy atom. The molecule has 2 fully saturated rings. The molecule has 0 saturated carbocycles. The highest BCUT2D eigenvalue weighted by molar-refractivity contribution is 6.46. The molecule has 2 saturated heterocycles. The molecule has 8 heteroatoms. The number of ether oxygens (including phenoxy) is 2. The lowest BCUT2D eigenvalue weighted by molar-refractivity contribution is -0.140. The number of ketones is 1. The molecule has 0 bridgehead atoms. The van der Waals surface area contributed by atoms with Crippen LogP contribution in [0.15, 0.2) is 48.0 Å². The average molecular weight is 458 g/mol. The van der Waals surface area contributed by atoms with Crippen molar-refractivity contribution < 1.29 is 29.3 Å². The number of carbonyl (C=O) groups is 2. The van der Waals surface area contributed by atoms with Crippen LogP contribution in [-0.4, -0.2) is 52.7 Å². The Kier molecular flexibility index (Phi) is 6.39. The van der Waals surface area contributed by atoms with Gasteiger partial charge in [0.2, 0.25) is 0 Å². The van der Waals surface area contributed by atoms with E-state index in [1.807, 2.05) is 0 Å². The summed E-state index contributed by atoms with van der Waals surface area (Å²) in [5, 5.41) is 21.7. The van der Waals surface area contributed by atoms with Crippen molar-refractivity contribution in [3.05, 3.63) is 64.2 Å². The van der Waals surface area contributed by atoms with Crippen LogP contribution in [0.1, 0.15) is 36.9 Å². The molecule has 1 amide bonds. The quantitative estimate of drug-likeness (QED) is 0.386. The van der Waals surface area contributed by atoms with Crippen LogP contribution in [0.4, 0.5) is 0 Å². The van der Waals surface area contributed by atoms with Crippen LogP contribution in [-0.2, 0) is 14.3 Å². The fourth-order valence-corrected chi connectivity index (χ4v) is 4.28. The molecule has 168 valence electrons. The van der Waals surface area contributed by atoms with E-state index < -0.39 is 17.7 Å². The predicted octanol–water partition coefficient (Wildman–Crippen LogP) is 4.05. The topological polar surface area (TPSA) is 96.3 Å². The summed E-state index contributed by atoms with van der Waals surface area (Å²) in [5.74, 6) is -1.58.